The van der Waals surface area contributed by atoms with E-state index in [0.717, 1.165) is 6.08 Å². The van der Waals surface area contributed by atoms with Crippen molar-refractivity contribution in [3.63, 3.8) is 0 Å². The summed E-state index contributed by atoms with van der Waals surface area (Å²) in [5, 5.41) is 13.4. The van der Waals surface area contributed by atoms with Gasteiger partial charge in [-0.1, -0.05) is 11.6 Å². The number of nitroso groups, excluding NO2 is 1. The van der Waals surface area contributed by atoms with Crippen LogP contribution in [0.2, 0.25) is 0 Å². The molecule has 1 rings (SSSR count). The van der Waals surface area contributed by atoms with Gasteiger partial charge in [0.15, 0.2) is 4.87 Å². The van der Waals surface area contributed by atoms with E-state index < -0.39 is 11.0 Å². The van der Waals surface area contributed by atoms with E-state index in [4.69, 9.17) is 11.6 Å². The van der Waals surface area contributed by atoms with E-state index in [9.17, 15) is 15.0 Å². The quantitative estimate of drug-likeness (QED) is 0.350. The van der Waals surface area contributed by atoms with Crippen LogP contribution in [0.25, 0.3) is 0 Å². The number of halogens is 1. The molecule has 1 aliphatic rings. The van der Waals surface area contributed by atoms with Gasteiger partial charge in [-0.05, 0) is 0 Å². The van der Waals surface area contributed by atoms with Crippen LogP contribution in [0.1, 0.15) is 6.92 Å². The predicted octanol–water partition coefficient (Wildman–Crippen LogP) is 0.880. The van der Waals surface area contributed by atoms with Gasteiger partial charge in [0.1, 0.15) is 0 Å². The topological polar surface area (TPSA) is 75.6 Å². The number of hydrazone groups is 1. The van der Waals surface area contributed by atoms with Gasteiger partial charge in [-0.3, -0.25) is 10.1 Å². The summed E-state index contributed by atoms with van der Waals surface area (Å²) in [6.07, 6.45) is 1.07. The van der Waals surface area contributed by atoms with Gasteiger partial charge in [0.05, 0.1) is 21.0 Å². The van der Waals surface area contributed by atoms with Crippen molar-refractivity contribution in [2.75, 3.05) is 0 Å². The fourth-order valence-corrected chi connectivity index (χ4v) is 0.957. The van der Waals surface area contributed by atoms with E-state index in [1.807, 2.05) is 0 Å². The number of nitro groups is 1. The zero-order chi connectivity index (χ0) is 9.30. The summed E-state index contributed by atoms with van der Waals surface area (Å²) in [4.78, 5) is 20.7. The number of hydrogen-bond donors (Lipinski definition) is 0. The highest BCUT2D eigenvalue weighted by atomic mass is 35.5. The summed E-state index contributed by atoms with van der Waals surface area (Å²) < 4.78 is 0. The van der Waals surface area contributed by atoms with Crippen molar-refractivity contribution in [2.45, 2.75) is 13.0 Å². The summed E-state index contributed by atoms with van der Waals surface area (Å²) in [7, 11) is 0. The third kappa shape index (κ3) is 1.48. The van der Waals surface area contributed by atoms with Gasteiger partial charge in [0, 0.05) is 6.92 Å². The Morgan fingerprint density at radius 2 is 2.42 bits per heavy atom. The van der Waals surface area contributed by atoms with Crippen LogP contribution in [0.3, 0.4) is 0 Å². The lowest BCUT2D eigenvalue weighted by molar-refractivity contribution is -0.607. The molecule has 0 aromatic carbocycles. The van der Waals surface area contributed by atoms with Crippen LogP contribution in [0.5, 0.6) is 0 Å². The Bertz CT molecular complexity index is 309. The first-order valence-corrected chi connectivity index (χ1v) is 3.46. The van der Waals surface area contributed by atoms with Gasteiger partial charge in [0.2, 0.25) is 5.17 Å². The largest absolute Gasteiger partial charge is 0.324 e. The van der Waals surface area contributed by atoms with Crippen molar-refractivity contribution in [1.82, 2.24) is 0 Å². The number of hydrogen-bond acceptors (Lipinski definition) is 3. The van der Waals surface area contributed by atoms with Crippen molar-refractivity contribution < 1.29 is 9.79 Å². The molecule has 1 unspecified atom stereocenters. The normalized spacial score (nSPS) is 23.2. The van der Waals surface area contributed by atoms with Gasteiger partial charge in [-0.15, -0.1) is 0 Å². The first kappa shape index (κ1) is 8.79. The molecule has 0 aromatic heterocycles. The van der Waals surface area contributed by atoms with Crippen molar-refractivity contribution in [3.8, 4) is 0 Å². The zero-order valence-corrected chi connectivity index (χ0v) is 6.85. The maximum atomic E-state index is 10.8. The molecule has 0 amide bonds. The highest BCUT2D eigenvalue weighted by molar-refractivity contribution is 6.68. The van der Waals surface area contributed by atoms with Crippen molar-refractivity contribution in [3.05, 3.63) is 26.8 Å². The van der Waals surface area contributed by atoms with E-state index >= 15 is 0 Å². The highest BCUT2D eigenvalue weighted by Gasteiger charge is 2.38. The first-order valence-electron chi connectivity index (χ1n) is 3.09. The van der Waals surface area contributed by atoms with Crippen LogP contribution in [-0.4, -0.2) is 21.0 Å². The van der Waals surface area contributed by atoms with Crippen LogP contribution in [0.15, 0.2) is 16.9 Å². The average molecular weight is 191 g/mol. The maximum Gasteiger partial charge on any atom is 0.324 e. The van der Waals surface area contributed by atoms with Crippen molar-refractivity contribution in [2.24, 2.45) is 5.10 Å². The van der Waals surface area contributed by atoms with Crippen LogP contribution in [-0.2, 0) is 0 Å². The molecule has 0 bridgehead atoms. The second kappa shape index (κ2) is 2.98. The second-order valence-electron chi connectivity index (χ2n) is 2.23. The van der Waals surface area contributed by atoms with Gasteiger partial charge in [0.25, 0.3) is 0 Å². The standard InChI is InChI=1S/C5H5ClN3O3/c1-3-4(9(11)12)2-5(6)7-8(3)10/h2-3H,1H3/q+1. The van der Waals surface area contributed by atoms with Gasteiger partial charge in [-0.25, -0.2) is 0 Å². The minimum Gasteiger partial charge on any atom is -0.258 e. The molecule has 1 aliphatic heterocycles. The molecule has 0 spiro atoms. The summed E-state index contributed by atoms with van der Waals surface area (Å²) in [5.41, 5.74) is -0.245. The Balaban J connectivity index is 3.07. The van der Waals surface area contributed by atoms with Crippen molar-refractivity contribution in [1.29, 1.82) is 0 Å². The van der Waals surface area contributed by atoms with Gasteiger partial charge >= 0.3 is 11.7 Å². The molecule has 1 atom stereocenters. The first-order chi connectivity index (χ1) is 5.52. The lowest BCUT2D eigenvalue weighted by atomic mass is 10.2. The third-order valence-corrected chi connectivity index (χ3v) is 1.62. The Hall–Kier alpha value is -1.30. The number of nitrogens with zero attached hydrogens (tertiary/aromatic N) is 3. The zero-order valence-electron chi connectivity index (χ0n) is 6.10. The van der Waals surface area contributed by atoms with Crippen LogP contribution in [0.4, 0.5) is 0 Å². The Labute approximate surface area is 72.2 Å². The highest BCUT2D eigenvalue weighted by Crippen LogP contribution is 2.13. The van der Waals surface area contributed by atoms with Gasteiger partial charge in [-0.2, -0.15) is 0 Å². The molecule has 0 aliphatic carbocycles. The summed E-state index contributed by atoms with van der Waals surface area (Å²) in [6, 6.07) is -0.887. The average Bonchev–Trinajstić information content (AvgIpc) is 1.96. The Morgan fingerprint density at radius 1 is 1.83 bits per heavy atom. The molecule has 0 aromatic rings. The molecule has 0 N–H and O–H groups in total. The summed E-state index contributed by atoms with van der Waals surface area (Å²) in [6.45, 7) is 1.38. The minimum atomic E-state index is -0.887. The van der Waals surface area contributed by atoms with Crippen molar-refractivity contribution >= 4 is 16.8 Å². The lowest BCUT2D eigenvalue weighted by Gasteiger charge is -2.00. The molecule has 0 fully saturated rings. The maximum absolute atomic E-state index is 10.8. The Morgan fingerprint density at radius 3 is 2.92 bits per heavy atom. The number of rotatable bonds is 1. The molecule has 64 valence electrons. The predicted molar refractivity (Wildman–Crippen MR) is 41.5 cm³/mol. The molecular weight excluding hydrogens is 186 g/mol. The smallest absolute Gasteiger partial charge is 0.258 e. The fraction of sp³-hybridized carbons (Fsp3) is 0.400. The second-order valence-corrected chi connectivity index (χ2v) is 2.61. The van der Waals surface area contributed by atoms with E-state index in [1.165, 1.54) is 6.92 Å². The van der Waals surface area contributed by atoms with Gasteiger partial charge < -0.3 is 0 Å². The number of allylic oxidation sites excluding steroid dienone is 1. The molecule has 7 heteroatoms. The minimum absolute atomic E-state index is 0.171. The van der Waals surface area contributed by atoms with Crippen LogP contribution >= 0.6 is 11.6 Å². The molecule has 0 saturated heterocycles. The molecule has 0 radical (unpaired) electrons. The monoisotopic (exact) mass is 190 g/mol. The third-order valence-electron chi connectivity index (χ3n) is 1.43. The van der Waals surface area contributed by atoms with Crippen LogP contribution in [0, 0.1) is 15.0 Å². The van der Waals surface area contributed by atoms with E-state index in [-0.39, 0.29) is 15.7 Å². The fourth-order valence-electron chi connectivity index (χ4n) is 0.771. The Kier molecular flexibility index (Phi) is 2.18. The lowest BCUT2D eigenvalue weighted by Crippen LogP contribution is -2.27. The molecule has 1 heterocycles. The van der Waals surface area contributed by atoms with Crippen LogP contribution < -0.4 is 0 Å². The molecule has 0 saturated carbocycles. The molecular formula is C5H5ClN3O3+. The SMILES string of the molecule is CC1C([N+](=O)[O-])=CC(Cl)=N[N+]1=O. The van der Waals surface area contributed by atoms with E-state index in [0.29, 0.717) is 0 Å². The molecule has 12 heavy (non-hydrogen) atoms. The summed E-state index contributed by atoms with van der Waals surface area (Å²) >= 11 is 5.34. The molecule has 6 nitrogen and oxygen atoms in total. The van der Waals surface area contributed by atoms with E-state index in [1.54, 1.807) is 0 Å². The van der Waals surface area contributed by atoms with E-state index in [2.05, 4.69) is 5.10 Å². The summed E-state index contributed by atoms with van der Waals surface area (Å²) in [5.74, 6) is 0.